The fraction of sp³-hybridized carbons (Fsp3) is 0.278. The minimum atomic E-state index is -0.739. The Balaban J connectivity index is 2.06. The average Bonchev–Trinajstić information content (AvgIpc) is 3.04. The number of benzene rings is 1. The number of carbonyl (C=O) groups excluding carboxylic acids is 2. The van der Waals surface area contributed by atoms with E-state index in [1.165, 1.54) is 6.20 Å². The van der Waals surface area contributed by atoms with Crippen molar-refractivity contribution in [2.24, 2.45) is 0 Å². The number of ether oxygens (including phenoxy) is 2. The predicted octanol–water partition coefficient (Wildman–Crippen LogP) is 2.35. The van der Waals surface area contributed by atoms with Crippen molar-refractivity contribution in [1.82, 2.24) is 9.78 Å². The summed E-state index contributed by atoms with van der Waals surface area (Å²) in [5, 5.41) is 7.18. The Morgan fingerprint density at radius 2 is 1.72 bits per heavy atom. The Labute approximate surface area is 146 Å². The molecule has 2 rings (SSSR count). The molecular formula is C18H21N3O4. The summed E-state index contributed by atoms with van der Waals surface area (Å²) in [6.07, 6.45) is 3.06. The van der Waals surface area contributed by atoms with Crippen molar-refractivity contribution in [3.8, 4) is 0 Å². The van der Waals surface area contributed by atoms with Crippen LogP contribution < -0.4 is 5.32 Å². The molecule has 0 aliphatic heterocycles. The molecule has 2 aromatic rings. The van der Waals surface area contributed by atoms with Gasteiger partial charge < -0.3 is 14.8 Å². The molecule has 0 amide bonds. The van der Waals surface area contributed by atoms with Crippen molar-refractivity contribution >= 4 is 17.8 Å². The van der Waals surface area contributed by atoms with Gasteiger partial charge in [0.05, 0.1) is 19.8 Å². The van der Waals surface area contributed by atoms with Crippen LogP contribution in [0.2, 0.25) is 0 Å². The third-order valence-electron chi connectivity index (χ3n) is 3.18. The van der Waals surface area contributed by atoms with Crippen LogP contribution in [0.5, 0.6) is 0 Å². The maximum absolute atomic E-state index is 11.9. The standard InChI is InChI=1S/C18H21N3O4/c1-3-24-17(22)15(18(23)25-4-2)12-19-16-10-11-21(20-16)13-14-8-6-5-7-9-14/h5-12H,3-4,13H2,1-2H3,(H,19,20). The van der Waals surface area contributed by atoms with Gasteiger partial charge >= 0.3 is 11.9 Å². The van der Waals surface area contributed by atoms with Crippen LogP contribution in [0.3, 0.4) is 0 Å². The molecule has 0 aliphatic rings. The van der Waals surface area contributed by atoms with Gasteiger partial charge in [0.25, 0.3) is 0 Å². The molecule has 0 saturated carbocycles. The molecule has 0 atom stereocenters. The number of carbonyl (C=O) groups is 2. The molecule has 0 saturated heterocycles. The molecule has 1 N–H and O–H groups in total. The van der Waals surface area contributed by atoms with Gasteiger partial charge in [-0.1, -0.05) is 30.3 Å². The Morgan fingerprint density at radius 3 is 2.32 bits per heavy atom. The first kappa shape index (κ1) is 18.3. The Bertz CT molecular complexity index is 718. The lowest BCUT2D eigenvalue weighted by Crippen LogP contribution is -2.19. The molecule has 0 spiro atoms. The van der Waals surface area contributed by atoms with Crippen molar-refractivity contribution in [1.29, 1.82) is 0 Å². The van der Waals surface area contributed by atoms with Gasteiger partial charge in [-0.2, -0.15) is 5.10 Å². The summed E-state index contributed by atoms with van der Waals surface area (Å²) in [6, 6.07) is 11.6. The van der Waals surface area contributed by atoms with Crippen LogP contribution in [0.1, 0.15) is 19.4 Å². The van der Waals surface area contributed by atoms with Crippen LogP contribution in [-0.2, 0) is 25.6 Å². The molecule has 0 fully saturated rings. The first-order chi connectivity index (χ1) is 12.1. The monoisotopic (exact) mass is 343 g/mol. The zero-order chi connectivity index (χ0) is 18.1. The molecular weight excluding hydrogens is 322 g/mol. The molecule has 7 heteroatoms. The smallest absolute Gasteiger partial charge is 0.347 e. The van der Waals surface area contributed by atoms with Crippen LogP contribution in [0.15, 0.2) is 54.4 Å². The molecule has 0 aliphatic carbocycles. The molecule has 1 heterocycles. The van der Waals surface area contributed by atoms with E-state index in [9.17, 15) is 9.59 Å². The SMILES string of the molecule is CCOC(=O)C(=CNc1ccn(Cc2ccccc2)n1)C(=O)OCC. The van der Waals surface area contributed by atoms with E-state index < -0.39 is 11.9 Å². The lowest BCUT2D eigenvalue weighted by atomic mass is 10.2. The van der Waals surface area contributed by atoms with Gasteiger partial charge in [0, 0.05) is 18.5 Å². The molecule has 1 aromatic heterocycles. The lowest BCUT2D eigenvalue weighted by Gasteiger charge is -2.06. The summed E-state index contributed by atoms with van der Waals surface area (Å²) < 4.78 is 11.5. The van der Waals surface area contributed by atoms with Gasteiger partial charge in [-0.3, -0.25) is 4.68 Å². The number of anilines is 1. The van der Waals surface area contributed by atoms with Crippen LogP contribution in [0.25, 0.3) is 0 Å². The number of aromatic nitrogens is 2. The fourth-order valence-electron chi connectivity index (χ4n) is 2.06. The highest BCUT2D eigenvalue weighted by Gasteiger charge is 2.21. The van der Waals surface area contributed by atoms with Crippen LogP contribution in [0.4, 0.5) is 5.82 Å². The van der Waals surface area contributed by atoms with E-state index >= 15 is 0 Å². The van der Waals surface area contributed by atoms with Gasteiger partial charge in [-0.15, -0.1) is 0 Å². The maximum Gasteiger partial charge on any atom is 0.347 e. The van der Waals surface area contributed by atoms with E-state index in [-0.39, 0.29) is 18.8 Å². The highest BCUT2D eigenvalue weighted by Crippen LogP contribution is 2.08. The molecule has 25 heavy (non-hydrogen) atoms. The number of nitrogens with one attached hydrogen (secondary N) is 1. The highest BCUT2D eigenvalue weighted by atomic mass is 16.6. The second-order valence-electron chi connectivity index (χ2n) is 5.03. The fourth-order valence-corrected chi connectivity index (χ4v) is 2.06. The van der Waals surface area contributed by atoms with Crippen molar-refractivity contribution < 1.29 is 19.1 Å². The first-order valence-corrected chi connectivity index (χ1v) is 8.02. The maximum atomic E-state index is 11.9. The van der Waals surface area contributed by atoms with E-state index in [0.717, 1.165) is 5.56 Å². The molecule has 0 radical (unpaired) electrons. The zero-order valence-corrected chi connectivity index (χ0v) is 14.3. The molecule has 0 unspecified atom stereocenters. The first-order valence-electron chi connectivity index (χ1n) is 8.02. The number of rotatable bonds is 8. The van der Waals surface area contributed by atoms with Crippen molar-refractivity contribution in [2.45, 2.75) is 20.4 Å². The molecule has 1 aromatic carbocycles. The summed E-state index contributed by atoms with van der Waals surface area (Å²) >= 11 is 0. The normalized spacial score (nSPS) is 10.0. The number of hydrogen-bond donors (Lipinski definition) is 1. The highest BCUT2D eigenvalue weighted by molar-refractivity contribution is 6.14. The third kappa shape index (κ3) is 5.49. The van der Waals surface area contributed by atoms with Gasteiger partial charge in [0.15, 0.2) is 11.4 Å². The van der Waals surface area contributed by atoms with Crippen LogP contribution >= 0.6 is 0 Å². The second kappa shape index (κ2) is 9.27. The van der Waals surface area contributed by atoms with Gasteiger partial charge in [0.1, 0.15) is 0 Å². The largest absolute Gasteiger partial charge is 0.462 e. The molecule has 7 nitrogen and oxygen atoms in total. The minimum Gasteiger partial charge on any atom is -0.462 e. The van der Waals surface area contributed by atoms with Crippen molar-refractivity contribution in [3.05, 3.63) is 59.9 Å². The summed E-state index contributed by atoms with van der Waals surface area (Å²) in [6.45, 7) is 4.29. The predicted molar refractivity (Wildman–Crippen MR) is 92.7 cm³/mol. The topological polar surface area (TPSA) is 82.5 Å². The summed E-state index contributed by atoms with van der Waals surface area (Å²) in [5.41, 5.74) is 0.910. The minimum absolute atomic E-state index is 0.168. The Kier molecular flexibility index (Phi) is 6.76. The average molecular weight is 343 g/mol. The lowest BCUT2D eigenvalue weighted by molar-refractivity contribution is -0.146. The van der Waals surface area contributed by atoms with Crippen LogP contribution in [-0.4, -0.2) is 34.9 Å². The summed E-state index contributed by atoms with van der Waals surface area (Å²) in [4.78, 5) is 23.7. The zero-order valence-electron chi connectivity index (χ0n) is 14.3. The quantitative estimate of drug-likeness (QED) is 0.343. The number of nitrogens with zero attached hydrogens (tertiary/aromatic N) is 2. The van der Waals surface area contributed by atoms with Gasteiger partial charge in [0.2, 0.25) is 0 Å². The van der Waals surface area contributed by atoms with E-state index in [2.05, 4.69) is 10.4 Å². The number of esters is 2. The molecule has 0 bridgehead atoms. The Morgan fingerprint density at radius 1 is 1.08 bits per heavy atom. The second-order valence-corrected chi connectivity index (χ2v) is 5.03. The summed E-state index contributed by atoms with van der Waals surface area (Å²) in [5.74, 6) is -0.976. The van der Waals surface area contributed by atoms with E-state index in [4.69, 9.17) is 9.47 Å². The molecule has 132 valence electrons. The van der Waals surface area contributed by atoms with Gasteiger partial charge in [-0.05, 0) is 19.4 Å². The van der Waals surface area contributed by atoms with Crippen molar-refractivity contribution in [3.63, 3.8) is 0 Å². The van der Waals surface area contributed by atoms with E-state index in [0.29, 0.717) is 12.4 Å². The van der Waals surface area contributed by atoms with Crippen molar-refractivity contribution in [2.75, 3.05) is 18.5 Å². The number of hydrogen-bond acceptors (Lipinski definition) is 6. The third-order valence-corrected chi connectivity index (χ3v) is 3.18. The summed E-state index contributed by atoms with van der Waals surface area (Å²) in [7, 11) is 0. The van der Waals surface area contributed by atoms with E-state index in [1.807, 2.05) is 30.3 Å². The Hall–Kier alpha value is -3.09. The van der Waals surface area contributed by atoms with Crippen LogP contribution in [0, 0.1) is 0 Å². The van der Waals surface area contributed by atoms with E-state index in [1.54, 1.807) is 30.8 Å². The van der Waals surface area contributed by atoms with Gasteiger partial charge in [-0.25, -0.2) is 9.59 Å².